The summed E-state index contributed by atoms with van der Waals surface area (Å²) in [5, 5.41) is 15.4. The lowest BCUT2D eigenvalue weighted by Gasteiger charge is -2.06. The van der Waals surface area contributed by atoms with Crippen molar-refractivity contribution in [2.24, 2.45) is 0 Å². The number of pyridine rings is 2. The summed E-state index contributed by atoms with van der Waals surface area (Å²) in [4.78, 5) is 31.0. The van der Waals surface area contributed by atoms with Gasteiger partial charge >= 0.3 is 5.97 Å². The van der Waals surface area contributed by atoms with Gasteiger partial charge in [0.15, 0.2) is 0 Å². The van der Waals surface area contributed by atoms with Crippen LogP contribution in [0.25, 0.3) is 22.4 Å². The third kappa shape index (κ3) is 3.52. The largest absolute Gasteiger partial charge is 0.461 e. The normalized spacial score (nSPS) is 10.6. The van der Waals surface area contributed by atoms with Gasteiger partial charge in [-0.1, -0.05) is 5.16 Å². The Kier molecular flexibility index (Phi) is 4.93. The zero-order valence-electron chi connectivity index (χ0n) is 14.9. The van der Waals surface area contributed by atoms with Gasteiger partial charge in [0.25, 0.3) is 5.69 Å². The molecule has 0 N–H and O–H groups in total. The maximum absolute atomic E-state index is 11.7. The van der Waals surface area contributed by atoms with Crippen LogP contribution in [0.5, 0.6) is 0 Å². The molecule has 27 heavy (non-hydrogen) atoms. The standard InChI is InChI=1S/C18H16N4O5/c1-4-26-18(23)14-6-5-12(8-19-14)17-15(22(24)25)7-13(9-20-17)16-10(2)21-27-11(16)3/h5-9H,4H2,1-3H3. The molecule has 0 aliphatic rings. The number of hydrogen-bond donors (Lipinski definition) is 0. The van der Waals surface area contributed by atoms with Gasteiger partial charge in [0, 0.05) is 35.2 Å². The molecule has 9 heteroatoms. The quantitative estimate of drug-likeness (QED) is 0.381. The van der Waals surface area contributed by atoms with Gasteiger partial charge in [-0.15, -0.1) is 0 Å². The summed E-state index contributed by atoms with van der Waals surface area (Å²) in [6.45, 7) is 5.41. The molecule has 3 heterocycles. The lowest BCUT2D eigenvalue weighted by molar-refractivity contribution is -0.384. The fourth-order valence-electron chi connectivity index (χ4n) is 2.71. The van der Waals surface area contributed by atoms with Crippen LogP contribution < -0.4 is 0 Å². The van der Waals surface area contributed by atoms with E-state index in [1.165, 1.54) is 24.5 Å². The lowest BCUT2D eigenvalue weighted by Crippen LogP contribution is -2.06. The van der Waals surface area contributed by atoms with Gasteiger partial charge in [-0.25, -0.2) is 14.8 Å². The van der Waals surface area contributed by atoms with E-state index in [4.69, 9.17) is 9.26 Å². The van der Waals surface area contributed by atoms with E-state index in [9.17, 15) is 14.9 Å². The molecule has 0 saturated carbocycles. The maximum Gasteiger partial charge on any atom is 0.356 e. The Morgan fingerprint density at radius 1 is 1.22 bits per heavy atom. The molecule has 0 fully saturated rings. The summed E-state index contributed by atoms with van der Waals surface area (Å²) in [5.74, 6) is -0.00271. The molecule has 9 nitrogen and oxygen atoms in total. The Hall–Kier alpha value is -3.62. The Morgan fingerprint density at radius 3 is 2.52 bits per heavy atom. The Labute approximate surface area is 154 Å². The number of hydrogen-bond acceptors (Lipinski definition) is 8. The van der Waals surface area contributed by atoms with E-state index in [1.54, 1.807) is 26.8 Å². The van der Waals surface area contributed by atoms with Crippen molar-refractivity contribution in [3.05, 3.63) is 57.9 Å². The van der Waals surface area contributed by atoms with E-state index < -0.39 is 10.9 Å². The fraction of sp³-hybridized carbons (Fsp3) is 0.222. The second kappa shape index (κ2) is 7.32. The van der Waals surface area contributed by atoms with Crippen molar-refractivity contribution in [2.75, 3.05) is 6.61 Å². The van der Waals surface area contributed by atoms with Crippen LogP contribution in [0.1, 0.15) is 28.9 Å². The number of nitrogens with zero attached hydrogens (tertiary/aromatic N) is 4. The molecule has 0 amide bonds. The lowest BCUT2D eigenvalue weighted by atomic mass is 10.0. The molecule has 0 radical (unpaired) electrons. The number of carbonyl (C=O) groups excluding carboxylic acids is 1. The second-order valence-electron chi connectivity index (χ2n) is 5.70. The molecule has 3 aromatic rings. The van der Waals surface area contributed by atoms with Crippen LogP contribution in [0.3, 0.4) is 0 Å². The van der Waals surface area contributed by atoms with Crippen LogP contribution in [0.2, 0.25) is 0 Å². The molecule has 3 aromatic heterocycles. The predicted octanol–water partition coefficient (Wildman–Crippen LogP) is 3.50. The smallest absolute Gasteiger partial charge is 0.356 e. The summed E-state index contributed by atoms with van der Waals surface area (Å²) < 4.78 is 9.99. The molecule has 0 aliphatic heterocycles. The average molecular weight is 368 g/mol. The third-order valence-electron chi connectivity index (χ3n) is 3.91. The highest BCUT2D eigenvalue weighted by Gasteiger charge is 2.22. The highest BCUT2D eigenvalue weighted by molar-refractivity contribution is 5.87. The van der Waals surface area contributed by atoms with Crippen molar-refractivity contribution >= 4 is 11.7 Å². The number of nitro groups is 1. The minimum absolute atomic E-state index is 0.121. The first kappa shape index (κ1) is 18.2. The third-order valence-corrected chi connectivity index (χ3v) is 3.91. The number of rotatable bonds is 5. The van der Waals surface area contributed by atoms with Crippen molar-refractivity contribution < 1.29 is 19.0 Å². The monoisotopic (exact) mass is 368 g/mol. The van der Waals surface area contributed by atoms with Gasteiger partial charge in [-0.05, 0) is 32.9 Å². The van der Waals surface area contributed by atoms with Gasteiger partial charge in [0.05, 0.1) is 17.2 Å². The van der Waals surface area contributed by atoms with E-state index in [2.05, 4.69) is 15.1 Å². The zero-order valence-corrected chi connectivity index (χ0v) is 14.9. The highest BCUT2D eigenvalue weighted by Crippen LogP contribution is 2.34. The van der Waals surface area contributed by atoms with Crippen LogP contribution in [-0.4, -0.2) is 32.6 Å². The van der Waals surface area contributed by atoms with Gasteiger partial charge in [0.1, 0.15) is 17.1 Å². The van der Waals surface area contributed by atoms with Crippen LogP contribution in [0.15, 0.2) is 35.1 Å². The Morgan fingerprint density at radius 2 is 1.96 bits per heavy atom. The molecule has 3 rings (SSSR count). The van der Waals surface area contributed by atoms with E-state index in [0.29, 0.717) is 28.1 Å². The van der Waals surface area contributed by atoms with Crippen molar-refractivity contribution in [3.63, 3.8) is 0 Å². The summed E-state index contributed by atoms with van der Waals surface area (Å²) in [6.07, 6.45) is 2.88. The van der Waals surface area contributed by atoms with E-state index in [1.807, 2.05) is 0 Å². The summed E-state index contributed by atoms with van der Waals surface area (Å²) in [7, 11) is 0. The topological polar surface area (TPSA) is 121 Å². The molecule has 138 valence electrons. The number of aryl methyl sites for hydroxylation is 2. The van der Waals surface area contributed by atoms with Gasteiger partial charge in [-0.3, -0.25) is 10.1 Å². The molecule has 0 aromatic carbocycles. The van der Waals surface area contributed by atoms with Gasteiger partial charge in [0.2, 0.25) is 0 Å². The van der Waals surface area contributed by atoms with E-state index >= 15 is 0 Å². The van der Waals surface area contributed by atoms with Gasteiger partial charge < -0.3 is 9.26 Å². The Balaban J connectivity index is 2.03. The molecular formula is C18H16N4O5. The molecule has 0 bridgehead atoms. The highest BCUT2D eigenvalue weighted by atomic mass is 16.6. The summed E-state index contributed by atoms with van der Waals surface area (Å²) >= 11 is 0. The van der Waals surface area contributed by atoms with Crippen molar-refractivity contribution in [3.8, 4) is 22.4 Å². The summed E-state index contributed by atoms with van der Waals surface area (Å²) in [6, 6.07) is 4.42. The molecule has 0 saturated heterocycles. The second-order valence-corrected chi connectivity index (χ2v) is 5.70. The number of aromatic nitrogens is 3. The Bertz CT molecular complexity index is 992. The SMILES string of the molecule is CCOC(=O)c1ccc(-c2ncc(-c3c(C)noc3C)cc2[N+](=O)[O-])cn1. The van der Waals surface area contributed by atoms with Crippen molar-refractivity contribution in [1.29, 1.82) is 0 Å². The van der Waals surface area contributed by atoms with Crippen LogP contribution in [-0.2, 0) is 4.74 Å². The fourth-order valence-corrected chi connectivity index (χ4v) is 2.71. The zero-order chi connectivity index (χ0) is 19.6. The van der Waals surface area contributed by atoms with Crippen molar-refractivity contribution in [2.45, 2.75) is 20.8 Å². The van der Waals surface area contributed by atoms with Crippen LogP contribution in [0.4, 0.5) is 5.69 Å². The number of carbonyl (C=O) groups is 1. The maximum atomic E-state index is 11.7. The van der Waals surface area contributed by atoms with Crippen LogP contribution >= 0.6 is 0 Å². The molecular weight excluding hydrogens is 352 g/mol. The van der Waals surface area contributed by atoms with E-state index in [-0.39, 0.29) is 23.7 Å². The van der Waals surface area contributed by atoms with Crippen molar-refractivity contribution in [1.82, 2.24) is 15.1 Å². The predicted molar refractivity (Wildman–Crippen MR) is 95.0 cm³/mol. The minimum atomic E-state index is -0.555. The number of esters is 1. The summed E-state index contributed by atoms with van der Waals surface area (Å²) in [5.41, 5.74) is 2.34. The van der Waals surface area contributed by atoms with Gasteiger partial charge in [-0.2, -0.15) is 0 Å². The first-order valence-electron chi connectivity index (χ1n) is 8.13. The molecule has 0 unspecified atom stereocenters. The first-order valence-corrected chi connectivity index (χ1v) is 8.13. The van der Waals surface area contributed by atoms with Crippen LogP contribution in [0, 0.1) is 24.0 Å². The number of ether oxygens (including phenoxy) is 1. The first-order chi connectivity index (χ1) is 12.9. The molecule has 0 aliphatic carbocycles. The molecule has 0 atom stereocenters. The molecule has 0 spiro atoms. The van der Waals surface area contributed by atoms with E-state index in [0.717, 1.165) is 0 Å². The average Bonchev–Trinajstić information content (AvgIpc) is 3.00. The minimum Gasteiger partial charge on any atom is -0.461 e.